The number of aryl methyl sites for hydroxylation is 2. The highest BCUT2D eigenvalue weighted by Gasteiger charge is 2.18. The molecule has 0 aliphatic carbocycles. The van der Waals surface area contributed by atoms with Crippen LogP contribution in [0, 0.1) is 13.8 Å². The average molecular weight is 372 g/mol. The number of carbonyl (C=O) groups is 1. The minimum absolute atomic E-state index is 0.0910. The number of halogens is 1. The average Bonchev–Trinajstić information content (AvgIpc) is 3.07. The van der Waals surface area contributed by atoms with Gasteiger partial charge in [-0.15, -0.1) is 0 Å². The molecule has 0 fully saturated rings. The van der Waals surface area contributed by atoms with Crippen LogP contribution in [0.4, 0.5) is 5.95 Å². The van der Waals surface area contributed by atoms with Gasteiger partial charge in [-0.05, 0) is 61.8 Å². The number of aromatic nitrogens is 2. The van der Waals surface area contributed by atoms with E-state index in [0.29, 0.717) is 16.7 Å². The van der Waals surface area contributed by atoms with Gasteiger partial charge in [0.15, 0.2) is 6.10 Å². The molecule has 3 rings (SSSR count). The van der Waals surface area contributed by atoms with E-state index >= 15 is 0 Å². The highest BCUT2D eigenvalue weighted by molar-refractivity contribution is 6.31. The summed E-state index contributed by atoms with van der Waals surface area (Å²) in [6.45, 7) is 5.50. The number of hydrogen-bond acceptors (Lipinski definition) is 5. The predicted octanol–water partition coefficient (Wildman–Crippen LogP) is 4.41. The van der Waals surface area contributed by atoms with E-state index in [1.165, 1.54) is 0 Å². The Morgan fingerprint density at radius 2 is 1.92 bits per heavy atom. The van der Waals surface area contributed by atoms with Crippen LogP contribution < -0.4 is 10.1 Å². The van der Waals surface area contributed by atoms with E-state index in [1.807, 2.05) is 38.1 Å². The summed E-state index contributed by atoms with van der Waals surface area (Å²) in [5.41, 5.74) is 2.78. The Morgan fingerprint density at radius 3 is 2.62 bits per heavy atom. The van der Waals surface area contributed by atoms with E-state index in [4.69, 9.17) is 20.9 Å². The first-order valence-electron chi connectivity index (χ1n) is 8.07. The van der Waals surface area contributed by atoms with Crippen molar-refractivity contribution in [3.63, 3.8) is 0 Å². The lowest BCUT2D eigenvalue weighted by molar-refractivity contribution is -0.122. The van der Waals surface area contributed by atoms with Gasteiger partial charge >= 0.3 is 0 Å². The molecule has 0 unspecified atom stereocenters. The first-order chi connectivity index (χ1) is 12.4. The van der Waals surface area contributed by atoms with Crippen LogP contribution in [0.25, 0.3) is 11.5 Å². The number of benzene rings is 2. The summed E-state index contributed by atoms with van der Waals surface area (Å²) in [7, 11) is 0. The SMILES string of the molecule is Cc1ccc(-c2nc(NC(=O)[C@H](C)Oc3ccc(Cl)c(C)c3)no2)cc1. The molecule has 1 N–H and O–H groups in total. The molecule has 1 heterocycles. The van der Waals surface area contributed by atoms with Gasteiger partial charge < -0.3 is 9.26 Å². The molecule has 1 amide bonds. The van der Waals surface area contributed by atoms with E-state index in [0.717, 1.165) is 16.7 Å². The summed E-state index contributed by atoms with van der Waals surface area (Å²) < 4.78 is 10.8. The largest absolute Gasteiger partial charge is 0.481 e. The second-order valence-corrected chi connectivity index (χ2v) is 6.36. The lowest BCUT2D eigenvalue weighted by Crippen LogP contribution is -2.30. The number of nitrogens with one attached hydrogen (secondary N) is 1. The normalized spacial score (nSPS) is 11.8. The second kappa shape index (κ2) is 7.58. The van der Waals surface area contributed by atoms with Crippen molar-refractivity contribution < 1.29 is 14.1 Å². The van der Waals surface area contributed by atoms with Crippen molar-refractivity contribution >= 4 is 23.5 Å². The second-order valence-electron chi connectivity index (χ2n) is 5.95. The standard InChI is InChI=1S/C19H18ClN3O3/c1-11-4-6-14(7-5-11)18-22-19(23-26-18)21-17(24)13(3)25-15-8-9-16(20)12(2)10-15/h4-10,13H,1-3H3,(H,21,23,24)/t13-/m0/s1. The van der Waals surface area contributed by atoms with Crippen LogP contribution in [0.1, 0.15) is 18.1 Å². The molecule has 3 aromatic rings. The number of hydrogen-bond donors (Lipinski definition) is 1. The van der Waals surface area contributed by atoms with E-state index in [1.54, 1.807) is 25.1 Å². The van der Waals surface area contributed by atoms with Gasteiger partial charge in [-0.3, -0.25) is 10.1 Å². The smallest absolute Gasteiger partial charge is 0.270 e. The van der Waals surface area contributed by atoms with Crippen LogP contribution in [-0.4, -0.2) is 22.2 Å². The summed E-state index contributed by atoms with van der Waals surface area (Å²) >= 11 is 5.99. The van der Waals surface area contributed by atoms with Crippen molar-refractivity contribution in [3.8, 4) is 17.2 Å². The van der Waals surface area contributed by atoms with Crippen molar-refractivity contribution in [2.24, 2.45) is 0 Å². The van der Waals surface area contributed by atoms with Crippen molar-refractivity contribution in [1.82, 2.24) is 10.1 Å². The Balaban J connectivity index is 1.64. The fraction of sp³-hybridized carbons (Fsp3) is 0.211. The van der Waals surface area contributed by atoms with Crippen LogP contribution >= 0.6 is 11.6 Å². The van der Waals surface area contributed by atoms with Gasteiger partial charge in [0.25, 0.3) is 17.7 Å². The number of ether oxygens (including phenoxy) is 1. The molecule has 0 saturated heterocycles. The van der Waals surface area contributed by atoms with Crippen LogP contribution in [0.5, 0.6) is 5.75 Å². The Labute approximate surface area is 156 Å². The molecular formula is C19H18ClN3O3. The molecule has 0 aliphatic rings. The van der Waals surface area contributed by atoms with Gasteiger partial charge in [0, 0.05) is 10.6 Å². The van der Waals surface area contributed by atoms with E-state index in [2.05, 4.69) is 15.5 Å². The predicted molar refractivity (Wildman–Crippen MR) is 99.4 cm³/mol. The van der Waals surface area contributed by atoms with Crippen molar-refractivity contribution in [3.05, 3.63) is 58.6 Å². The van der Waals surface area contributed by atoms with Crippen LogP contribution in [0.3, 0.4) is 0 Å². The third kappa shape index (κ3) is 4.21. The van der Waals surface area contributed by atoms with Gasteiger partial charge in [-0.1, -0.05) is 29.3 Å². The fourth-order valence-corrected chi connectivity index (χ4v) is 2.37. The zero-order valence-corrected chi connectivity index (χ0v) is 15.4. The lowest BCUT2D eigenvalue weighted by atomic mass is 10.1. The number of amides is 1. The van der Waals surface area contributed by atoms with Gasteiger partial charge in [0.05, 0.1) is 0 Å². The van der Waals surface area contributed by atoms with E-state index in [-0.39, 0.29) is 11.9 Å². The monoisotopic (exact) mass is 371 g/mol. The maximum Gasteiger partial charge on any atom is 0.270 e. The minimum Gasteiger partial charge on any atom is -0.481 e. The van der Waals surface area contributed by atoms with Gasteiger partial charge in [0.2, 0.25) is 0 Å². The molecule has 1 aromatic heterocycles. The molecule has 0 aliphatic heterocycles. The maximum absolute atomic E-state index is 12.3. The number of anilines is 1. The fourth-order valence-electron chi connectivity index (χ4n) is 2.25. The van der Waals surface area contributed by atoms with E-state index < -0.39 is 6.10 Å². The van der Waals surface area contributed by atoms with Gasteiger partial charge in [-0.2, -0.15) is 4.98 Å². The highest BCUT2D eigenvalue weighted by Crippen LogP contribution is 2.22. The van der Waals surface area contributed by atoms with Crippen LogP contribution in [0.2, 0.25) is 5.02 Å². The molecule has 0 radical (unpaired) electrons. The van der Waals surface area contributed by atoms with Crippen molar-refractivity contribution in [2.75, 3.05) is 5.32 Å². The topological polar surface area (TPSA) is 77.2 Å². The molecule has 0 spiro atoms. The summed E-state index contributed by atoms with van der Waals surface area (Å²) in [5.74, 6) is 0.604. The van der Waals surface area contributed by atoms with Crippen molar-refractivity contribution in [1.29, 1.82) is 0 Å². The molecule has 7 heteroatoms. The molecule has 134 valence electrons. The summed E-state index contributed by atoms with van der Waals surface area (Å²) in [6.07, 6.45) is -0.739. The minimum atomic E-state index is -0.739. The summed E-state index contributed by atoms with van der Waals surface area (Å²) in [6, 6.07) is 12.9. The summed E-state index contributed by atoms with van der Waals surface area (Å²) in [5, 5.41) is 7.01. The quantitative estimate of drug-likeness (QED) is 0.718. The van der Waals surface area contributed by atoms with Crippen LogP contribution in [0.15, 0.2) is 47.0 Å². The first kappa shape index (κ1) is 17.9. The Kier molecular flexibility index (Phi) is 5.23. The Hall–Kier alpha value is -2.86. The molecule has 6 nitrogen and oxygen atoms in total. The molecule has 1 atom stereocenters. The summed E-state index contributed by atoms with van der Waals surface area (Å²) in [4.78, 5) is 16.5. The van der Waals surface area contributed by atoms with Gasteiger partial charge in [-0.25, -0.2) is 0 Å². The number of nitrogens with zero attached hydrogens (tertiary/aromatic N) is 2. The molecule has 0 bridgehead atoms. The number of rotatable bonds is 5. The Morgan fingerprint density at radius 1 is 1.19 bits per heavy atom. The number of carbonyl (C=O) groups excluding carboxylic acids is 1. The lowest BCUT2D eigenvalue weighted by Gasteiger charge is -2.14. The highest BCUT2D eigenvalue weighted by atomic mass is 35.5. The third-order valence-electron chi connectivity index (χ3n) is 3.77. The zero-order chi connectivity index (χ0) is 18.7. The Bertz CT molecular complexity index is 922. The first-order valence-corrected chi connectivity index (χ1v) is 8.44. The zero-order valence-electron chi connectivity index (χ0n) is 14.6. The molecular weight excluding hydrogens is 354 g/mol. The van der Waals surface area contributed by atoms with Gasteiger partial charge in [0.1, 0.15) is 5.75 Å². The third-order valence-corrected chi connectivity index (χ3v) is 4.20. The molecule has 26 heavy (non-hydrogen) atoms. The maximum atomic E-state index is 12.3. The van der Waals surface area contributed by atoms with E-state index in [9.17, 15) is 4.79 Å². The van der Waals surface area contributed by atoms with Crippen LogP contribution in [-0.2, 0) is 4.79 Å². The molecule has 2 aromatic carbocycles. The molecule has 0 saturated carbocycles. The van der Waals surface area contributed by atoms with Crippen molar-refractivity contribution in [2.45, 2.75) is 26.9 Å².